The van der Waals surface area contributed by atoms with Crippen LogP contribution in [0.1, 0.15) is 40.9 Å². The Hall–Kier alpha value is -3.92. The van der Waals surface area contributed by atoms with E-state index in [9.17, 15) is 14.7 Å². The molecule has 6 heteroatoms. The summed E-state index contributed by atoms with van der Waals surface area (Å²) in [4.78, 5) is 26.3. The van der Waals surface area contributed by atoms with Crippen molar-refractivity contribution in [1.29, 1.82) is 0 Å². The molecule has 0 aromatic heterocycles. The van der Waals surface area contributed by atoms with Gasteiger partial charge in [-0.25, -0.2) is 5.48 Å². The average Bonchev–Trinajstić information content (AvgIpc) is 3.12. The van der Waals surface area contributed by atoms with Crippen LogP contribution in [0.3, 0.4) is 0 Å². The first kappa shape index (κ1) is 22.3. The van der Waals surface area contributed by atoms with E-state index in [1.165, 1.54) is 18.7 Å². The number of nitrogens with zero attached hydrogens (tertiary/aromatic N) is 1. The molecule has 33 heavy (non-hydrogen) atoms. The summed E-state index contributed by atoms with van der Waals surface area (Å²) in [5.74, 6) is 5.04. The van der Waals surface area contributed by atoms with E-state index in [2.05, 4.69) is 24.0 Å². The molecule has 1 heterocycles. The molecule has 166 valence electrons. The molecule has 1 aliphatic heterocycles. The van der Waals surface area contributed by atoms with Gasteiger partial charge in [-0.1, -0.05) is 54.3 Å². The van der Waals surface area contributed by atoms with Gasteiger partial charge in [-0.05, 0) is 60.9 Å². The number of hydrogen-bond acceptors (Lipinski definition) is 4. The number of hydroxylamine groups is 1. The Balaban J connectivity index is 1.55. The van der Waals surface area contributed by atoms with E-state index >= 15 is 0 Å². The van der Waals surface area contributed by atoms with Crippen molar-refractivity contribution in [3.63, 3.8) is 0 Å². The van der Waals surface area contributed by atoms with Crippen molar-refractivity contribution in [3.05, 3.63) is 95.1 Å². The number of benzene rings is 3. The third-order valence-corrected chi connectivity index (χ3v) is 5.62. The van der Waals surface area contributed by atoms with Crippen LogP contribution < -0.4 is 5.48 Å². The Morgan fingerprint density at radius 2 is 1.58 bits per heavy atom. The van der Waals surface area contributed by atoms with Gasteiger partial charge < -0.3 is 10.0 Å². The number of amides is 2. The van der Waals surface area contributed by atoms with Crippen molar-refractivity contribution in [3.8, 4) is 23.0 Å². The summed E-state index contributed by atoms with van der Waals surface area (Å²) in [7, 11) is 0. The SMILES string of the molecule is CC(C)(O)[C@@H](C(=O)NO)N1Cc2cc(C#Cc3ccc(-c4ccccc4)cc3)ccc2C1=O. The van der Waals surface area contributed by atoms with E-state index in [1.54, 1.807) is 17.6 Å². The molecule has 0 spiro atoms. The van der Waals surface area contributed by atoms with Crippen LogP contribution in [0.4, 0.5) is 0 Å². The van der Waals surface area contributed by atoms with Crippen molar-refractivity contribution in [2.45, 2.75) is 32.0 Å². The molecule has 0 saturated carbocycles. The van der Waals surface area contributed by atoms with Gasteiger partial charge in [0.05, 0.1) is 5.60 Å². The largest absolute Gasteiger partial charge is 0.388 e. The van der Waals surface area contributed by atoms with Gasteiger partial charge in [-0.2, -0.15) is 0 Å². The first-order chi connectivity index (χ1) is 15.8. The third kappa shape index (κ3) is 4.65. The van der Waals surface area contributed by atoms with Crippen molar-refractivity contribution < 1.29 is 19.9 Å². The van der Waals surface area contributed by atoms with Crippen molar-refractivity contribution >= 4 is 11.8 Å². The van der Waals surface area contributed by atoms with Gasteiger partial charge in [0.25, 0.3) is 11.8 Å². The van der Waals surface area contributed by atoms with Gasteiger partial charge in [0.1, 0.15) is 6.04 Å². The summed E-state index contributed by atoms with van der Waals surface area (Å²) in [6, 6.07) is 22.1. The standard InChI is InChI=1S/C27H24N2O4/c1-27(2,32)24(25(30)28-33)29-17-22-16-19(12-15-23(22)26(29)31)9-8-18-10-13-21(14-11-18)20-6-4-3-5-7-20/h3-7,10-16,24,32-33H,17H2,1-2H3,(H,28,30)/t24-/m1/s1. The van der Waals surface area contributed by atoms with E-state index in [0.717, 1.165) is 22.3 Å². The normalized spacial score (nSPS) is 13.7. The lowest BCUT2D eigenvalue weighted by atomic mass is 9.96. The number of fused-ring (bicyclic) bond motifs is 1. The fourth-order valence-electron chi connectivity index (χ4n) is 4.06. The lowest BCUT2D eigenvalue weighted by Crippen LogP contribution is -2.57. The molecule has 1 atom stereocenters. The molecule has 0 aliphatic carbocycles. The van der Waals surface area contributed by atoms with Crippen LogP contribution in [0.15, 0.2) is 72.8 Å². The Morgan fingerprint density at radius 1 is 0.970 bits per heavy atom. The van der Waals surface area contributed by atoms with Crippen molar-refractivity contribution in [2.75, 3.05) is 0 Å². The second-order valence-electron chi connectivity index (χ2n) is 8.53. The van der Waals surface area contributed by atoms with Crippen molar-refractivity contribution in [2.24, 2.45) is 0 Å². The van der Waals surface area contributed by atoms with E-state index in [-0.39, 0.29) is 12.5 Å². The summed E-state index contributed by atoms with van der Waals surface area (Å²) in [6.45, 7) is 2.98. The molecule has 0 fully saturated rings. The van der Waals surface area contributed by atoms with Crippen LogP contribution in [0.25, 0.3) is 11.1 Å². The Bertz CT molecular complexity index is 1250. The zero-order chi connectivity index (χ0) is 23.6. The Morgan fingerprint density at radius 3 is 2.21 bits per heavy atom. The van der Waals surface area contributed by atoms with Crippen LogP contribution in [-0.4, -0.2) is 38.7 Å². The average molecular weight is 440 g/mol. The smallest absolute Gasteiger partial charge is 0.269 e. The van der Waals surface area contributed by atoms with Gasteiger partial charge in [-0.3, -0.25) is 14.8 Å². The minimum absolute atomic E-state index is 0.136. The van der Waals surface area contributed by atoms with Crippen LogP contribution >= 0.6 is 0 Å². The third-order valence-electron chi connectivity index (χ3n) is 5.62. The topological polar surface area (TPSA) is 89.9 Å². The highest BCUT2D eigenvalue weighted by Gasteiger charge is 2.44. The molecule has 1 aliphatic rings. The molecule has 6 nitrogen and oxygen atoms in total. The quantitative estimate of drug-likeness (QED) is 0.330. The molecule has 3 aromatic rings. The molecule has 0 radical (unpaired) electrons. The van der Waals surface area contributed by atoms with Gasteiger partial charge >= 0.3 is 0 Å². The second-order valence-corrected chi connectivity index (χ2v) is 8.53. The summed E-state index contributed by atoms with van der Waals surface area (Å²) >= 11 is 0. The van der Waals surface area contributed by atoms with Crippen LogP contribution in [-0.2, 0) is 11.3 Å². The first-order valence-corrected chi connectivity index (χ1v) is 10.6. The second kappa shape index (κ2) is 8.91. The molecule has 3 N–H and O–H groups in total. The zero-order valence-corrected chi connectivity index (χ0v) is 18.4. The fraction of sp³-hybridized carbons (Fsp3) is 0.185. The zero-order valence-electron chi connectivity index (χ0n) is 18.4. The minimum Gasteiger partial charge on any atom is -0.388 e. The first-order valence-electron chi connectivity index (χ1n) is 10.6. The highest BCUT2D eigenvalue weighted by Crippen LogP contribution is 2.29. The minimum atomic E-state index is -1.54. The Labute approximate surface area is 192 Å². The van der Waals surface area contributed by atoms with Gasteiger partial charge in [0.15, 0.2) is 0 Å². The van der Waals surface area contributed by atoms with Crippen LogP contribution in [0.2, 0.25) is 0 Å². The maximum absolute atomic E-state index is 12.9. The van der Waals surface area contributed by atoms with E-state index in [0.29, 0.717) is 11.1 Å². The molecule has 0 unspecified atom stereocenters. The maximum Gasteiger partial charge on any atom is 0.269 e. The number of rotatable bonds is 4. The van der Waals surface area contributed by atoms with E-state index in [1.807, 2.05) is 48.5 Å². The number of carbonyl (C=O) groups excluding carboxylic acids is 2. The molecule has 3 aromatic carbocycles. The molecule has 4 rings (SSSR count). The van der Waals surface area contributed by atoms with Crippen LogP contribution in [0, 0.1) is 11.8 Å². The molecule has 0 saturated heterocycles. The Kier molecular flexibility index (Phi) is 6.01. The molecular formula is C27H24N2O4. The van der Waals surface area contributed by atoms with Crippen molar-refractivity contribution in [1.82, 2.24) is 10.4 Å². The summed E-state index contributed by atoms with van der Waals surface area (Å²) in [5.41, 5.74) is 5.03. The number of aliphatic hydroxyl groups is 1. The lowest BCUT2D eigenvalue weighted by molar-refractivity contribution is -0.142. The van der Waals surface area contributed by atoms with E-state index in [4.69, 9.17) is 5.21 Å². The summed E-state index contributed by atoms with van der Waals surface area (Å²) in [6.07, 6.45) is 0. The summed E-state index contributed by atoms with van der Waals surface area (Å²) < 4.78 is 0. The fourth-order valence-corrected chi connectivity index (χ4v) is 4.06. The van der Waals surface area contributed by atoms with E-state index < -0.39 is 17.6 Å². The monoisotopic (exact) mass is 440 g/mol. The predicted molar refractivity (Wildman–Crippen MR) is 124 cm³/mol. The highest BCUT2D eigenvalue weighted by molar-refractivity contribution is 6.01. The molecule has 0 bridgehead atoms. The number of hydrogen-bond donors (Lipinski definition) is 3. The molecular weight excluding hydrogens is 416 g/mol. The summed E-state index contributed by atoms with van der Waals surface area (Å²) in [5, 5.41) is 19.5. The van der Waals surface area contributed by atoms with Gasteiger partial charge in [-0.15, -0.1) is 0 Å². The number of carbonyl (C=O) groups is 2. The number of nitrogens with one attached hydrogen (secondary N) is 1. The predicted octanol–water partition coefficient (Wildman–Crippen LogP) is 3.35. The van der Waals surface area contributed by atoms with Crippen LogP contribution in [0.5, 0.6) is 0 Å². The lowest BCUT2D eigenvalue weighted by Gasteiger charge is -2.34. The molecule has 2 amide bonds. The highest BCUT2D eigenvalue weighted by atomic mass is 16.5. The van der Waals surface area contributed by atoms with Gasteiger partial charge in [0, 0.05) is 23.2 Å². The van der Waals surface area contributed by atoms with Gasteiger partial charge in [0.2, 0.25) is 0 Å². The maximum atomic E-state index is 12.9.